The molecule has 3 rings (SSSR count). The highest BCUT2D eigenvalue weighted by atomic mass is 35.5. The molecule has 4 nitrogen and oxygen atoms in total. The molecule has 0 saturated heterocycles. The molecule has 1 radical (unpaired) electrons. The minimum Gasteiger partial charge on any atom is -0.226 e. The van der Waals surface area contributed by atoms with Crippen LogP contribution < -0.4 is 0 Å². The molecule has 105 valence electrons. The lowest BCUT2D eigenvalue weighted by Crippen LogP contribution is -2.13. The average molecular weight is 318 g/mol. The van der Waals surface area contributed by atoms with Crippen LogP contribution in [0.4, 0.5) is 0 Å². The molecule has 0 spiro atoms. The van der Waals surface area contributed by atoms with Crippen molar-refractivity contribution >= 4 is 21.6 Å². The van der Waals surface area contributed by atoms with Crippen molar-refractivity contribution in [3.05, 3.63) is 72.0 Å². The molecule has 0 amide bonds. The summed E-state index contributed by atoms with van der Waals surface area (Å²) >= 11 is 5.85. The van der Waals surface area contributed by atoms with Gasteiger partial charge >= 0.3 is 0 Å². The summed E-state index contributed by atoms with van der Waals surface area (Å²) in [4.78, 5) is 4.22. The van der Waals surface area contributed by atoms with E-state index in [1.54, 1.807) is 54.6 Å². The van der Waals surface area contributed by atoms with E-state index in [9.17, 15) is 8.42 Å². The van der Waals surface area contributed by atoms with Crippen LogP contribution in [0.2, 0.25) is 5.02 Å². The first-order valence-corrected chi connectivity index (χ1v) is 7.93. The molecule has 2 aromatic carbocycles. The number of aromatic nitrogens is 2. The molecule has 0 fully saturated rings. The molecule has 0 N–H and O–H groups in total. The summed E-state index contributed by atoms with van der Waals surface area (Å²) in [5.41, 5.74) is 0.653. The zero-order chi connectivity index (χ0) is 14.9. The van der Waals surface area contributed by atoms with Crippen molar-refractivity contribution in [3.8, 4) is 11.4 Å². The molecule has 0 unspecified atom stereocenters. The van der Waals surface area contributed by atoms with E-state index in [0.29, 0.717) is 16.4 Å². The lowest BCUT2D eigenvalue weighted by Gasteiger charge is -2.09. The summed E-state index contributed by atoms with van der Waals surface area (Å²) in [6.45, 7) is 0. The van der Waals surface area contributed by atoms with Gasteiger partial charge in [0.05, 0.1) is 11.1 Å². The van der Waals surface area contributed by atoms with E-state index in [2.05, 4.69) is 11.2 Å². The number of hydrogen-bond donors (Lipinski definition) is 0. The maximum atomic E-state index is 12.6. The minimum atomic E-state index is -3.69. The Bertz CT molecular complexity index is 856. The van der Waals surface area contributed by atoms with Crippen LogP contribution in [0.3, 0.4) is 0 Å². The Balaban J connectivity index is 2.13. The van der Waals surface area contributed by atoms with Crippen LogP contribution in [0.25, 0.3) is 11.4 Å². The first-order valence-electron chi connectivity index (χ1n) is 6.11. The van der Waals surface area contributed by atoms with Crippen molar-refractivity contribution in [2.45, 2.75) is 4.90 Å². The van der Waals surface area contributed by atoms with E-state index < -0.39 is 10.0 Å². The predicted molar refractivity (Wildman–Crippen MR) is 80.5 cm³/mol. The highest BCUT2D eigenvalue weighted by molar-refractivity contribution is 7.90. The van der Waals surface area contributed by atoms with E-state index in [1.807, 2.05) is 0 Å². The molecule has 0 saturated carbocycles. The summed E-state index contributed by atoms with van der Waals surface area (Å²) in [6, 6.07) is 15.0. The van der Waals surface area contributed by atoms with E-state index in [0.717, 1.165) is 3.97 Å². The first kappa shape index (κ1) is 13.9. The van der Waals surface area contributed by atoms with Gasteiger partial charge in [-0.1, -0.05) is 29.8 Å². The van der Waals surface area contributed by atoms with Gasteiger partial charge in [-0.2, -0.15) is 0 Å². The standard InChI is InChI=1S/C15H10ClN2O2S/c16-13-8-6-12(7-9-13)15-17-10-11-18(15)21(19,20)14-4-2-1-3-5-14/h1-9,11H. The largest absolute Gasteiger partial charge is 0.269 e. The van der Waals surface area contributed by atoms with Crippen molar-refractivity contribution in [2.24, 2.45) is 0 Å². The molecule has 0 bridgehead atoms. The van der Waals surface area contributed by atoms with Gasteiger partial charge in [0, 0.05) is 10.6 Å². The highest BCUT2D eigenvalue weighted by Gasteiger charge is 2.20. The molecule has 1 heterocycles. The topological polar surface area (TPSA) is 52.0 Å². The van der Waals surface area contributed by atoms with Crippen LogP contribution >= 0.6 is 11.6 Å². The van der Waals surface area contributed by atoms with Crippen molar-refractivity contribution in [3.63, 3.8) is 0 Å². The Morgan fingerprint density at radius 3 is 2.33 bits per heavy atom. The van der Waals surface area contributed by atoms with E-state index in [4.69, 9.17) is 11.6 Å². The number of hydrogen-bond acceptors (Lipinski definition) is 3. The normalized spacial score (nSPS) is 11.5. The number of halogens is 1. The van der Waals surface area contributed by atoms with E-state index in [-0.39, 0.29) is 4.90 Å². The van der Waals surface area contributed by atoms with Gasteiger partial charge in [0.2, 0.25) is 0 Å². The van der Waals surface area contributed by atoms with Crippen LogP contribution in [0.1, 0.15) is 0 Å². The minimum absolute atomic E-state index is 0.201. The zero-order valence-electron chi connectivity index (χ0n) is 10.8. The van der Waals surface area contributed by atoms with Crippen LogP contribution in [-0.4, -0.2) is 17.4 Å². The van der Waals surface area contributed by atoms with Gasteiger partial charge in [-0.3, -0.25) is 0 Å². The lowest BCUT2D eigenvalue weighted by molar-refractivity contribution is 0.588. The highest BCUT2D eigenvalue weighted by Crippen LogP contribution is 2.23. The van der Waals surface area contributed by atoms with Crippen molar-refractivity contribution in [1.82, 2.24) is 8.96 Å². The fourth-order valence-corrected chi connectivity index (χ4v) is 3.35. The number of rotatable bonds is 3. The van der Waals surface area contributed by atoms with Gasteiger partial charge in [-0.05, 0) is 36.4 Å². The molecule has 0 aliphatic carbocycles. The molecular formula is C15H10ClN2O2S. The van der Waals surface area contributed by atoms with Gasteiger partial charge in [0.15, 0.2) is 5.82 Å². The Kier molecular flexibility index (Phi) is 3.53. The smallest absolute Gasteiger partial charge is 0.226 e. The second-order valence-electron chi connectivity index (χ2n) is 4.31. The zero-order valence-corrected chi connectivity index (χ0v) is 12.3. The number of benzene rings is 2. The monoisotopic (exact) mass is 317 g/mol. The van der Waals surface area contributed by atoms with Crippen molar-refractivity contribution in [1.29, 1.82) is 0 Å². The summed E-state index contributed by atoms with van der Waals surface area (Å²) < 4.78 is 26.4. The molecule has 0 aliphatic rings. The van der Waals surface area contributed by atoms with Crippen LogP contribution in [0.15, 0.2) is 65.7 Å². The van der Waals surface area contributed by atoms with Gasteiger partial charge in [0.1, 0.15) is 6.20 Å². The second kappa shape index (κ2) is 5.35. The maximum absolute atomic E-state index is 12.6. The van der Waals surface area contributed by atoms with Crippen molar-refractivity contribution < 1.29 is 8.42 Å². The fraction of sp³-hybridized carbons (Fsp3) is 0. The third-order valence-electron chi connectivity index (χ3n) is 2.96. The molecule has 3 aromatic rings. The quantitative estimate of drug-likeness (QED) is 0.745. The summed E-state index contributed by atoms with van der Waals surface area (Å²) in [7, 11) is -3.69. The van der Waals surface area contributed by atoms with E-state index in [1.165, 1.54) is 6.20 Å². The van der Waals surface area contributed by atoms with Crippen molar-refractivity contribution in [2.75, 3.05) is 0 Å². The molecule has 6 heteroatoms. The summed E-state index contributed by atoms with van der Waals surface area (Å²) in [5.74, 6) is 0.301. The third-order valence-corrected chi connectivity index (χ3v) is 4.87. The SMILES string of the molecule is O=S(=O)(c1ccccc1)n1c[c]nc1-c1ccc(Cl)cc1. The summed E-state index contributed by atoms with van der Waals surface area (Å²) in [5, 5.41) is 0.576. The average Bonchev–Trinajstić information content (AvgIpc) is 2.99. The number of imidazole rings is 1. The molecule has 21 heavy (non-hydrogen) atoms. The summed E-state index contributed by atoms with van der Waals surface area (Å²) in [6.07, 6.45) is 3.90. The van der Waals surface area contributed by atoms with Crippen LogP contribution in [0, 0.1) is 6.20 Å². The Morgan fingerprint density at radius 1 is 1.00 bits per heavy atom. The molecule has 1 aromatic heterocycles. The van der Waals surface area contributed by atoms with Crippen LogP contribution in [0.5, 0.6) is 0 Å². The van der Waals surface area contributed by atoms with Gasteiger partial charge < -0.3 is 0 Å². The second-order valence-corrected chi connectivity index (χ2v) is 6.57. The Hall–Kier alpha value is -2.11. The van der Waals surface area contributed by atoms with E-state index >= 15 is 0 Å². The Morgan fingerprint density at radius 2 is 1.67 bits per heavy atom. The van der Waals surface area contributed by atoms with Crippen LogP contribution in [-0.2, 0) is 10.0 Å². The fourth-order valence-electron chi connectivity index (χ4n) is 1.93. The first-order chi connectivity index (χ1) is 10.1. The number of nitrogens with zero attached hydrogens (tertiary/aromatic N) is 2. The lowest BCUT2D eigenvalue weighted by atomic mass is 10.2. The van der Waals surface area contributed by atoms with Gasteiger partial charge in [-0.25, -0.2) is 17.4 Å². The third kappa shape index (κ3) is 2.57. The molecule has 0 atom stereocenters. The Labute approximate surface area is 127 Å². The van der Waals surface area contributed by atoms with Gasteiger partial charge in [0.25, 0.3) is 10.0 Å². The molecule has 0 aliphatic heterocycles. The predicted octanol–water partition coefficient (Wildman–Crippen LogP) is 3.24. The maximum Gasteiger partial charge on any atom is 0.269 e. The van der Waals surface area contributed by atoms with Gasteiger partial charge in [-0.15, -0.1) is 0 Å². The molecular weight excluding hydrogens is 308 g/mol.